The third-order valence-corrected chi connectivity index (χ3v) is 2.83. The van der Waals surface area contributed by atoms with Crippen molar-refractivity contribution in [3.8, 4) is 17.0 Å². The molecule has 0 bridgehead atoms. The predicted octanol–water partition coefficient (Wildman–Crippen LogP) is 4.36. The molecule has 0 aliphatic rings. The third-order valence-electron chi connectivity index (χ3n) is 2.83. The van der Waals surface area contributed by atoms with Crippen LogP contribution in [-0.2, 0) is 0 Å². The standard InChI is InChI=1S/C17H22N2O/c1-4-12-18-17-11-7-9-15(19-17)14-8-5-6-10-16(14)20-13(2)3/h5-11,13H,4,12H2,1-3H3,(H,18,19). The van der Waals surface area contributed by atoms with E-state index in [4.69, 9.17) is 4.74 Å². The Morgan fingerprint density at radius 2 is 1.90 bits per heavy atom. The van der Waals surface area contributed by atoms with E-state index in [1.54, 1.807) is 0 Å². The lowest BCUT2D eigenvalue weighted by molar-refractivity contribution is 0.243. The van der Waals surface area contributed by atoms with Crippen LogP contribution in [-0.4, -0.2) is 17.6 Å². The maximum atomic E-state index is 5.86. The summed E-state index contributed by atoms with van der Waals surface area (Å²) >= 11 is 0. The van der Waals surface area contributed by atoms with Crippen LogP contribution in [0.15, 0.2) is 42.5 Å². The molecular weight excluding hydrogens is 248 g/mol. The Labute approximate surface area is 121 Å². The fourth-order valence-electron chi connectivity index (χ4n) is 1.97. The summed E-state index contributed by atoms with van der Waals surface area (Å²) in [7, 11) is 0. The third kappa shape index (κ3) is 3.73. The number of hydrogen-bond acceptors (Lipinski definition) is 3. The van der Waals surface area contributed by atoms with E-state index in [0.717, 1.165) is 35.8 Å². The molecule has 0 spiro atoms. The van der Waals surface area contributed by atoms with Gasteiger partial charge in [-0.25, -0.2) is 4.98 Å². The average Bonchev–Trinajstić information content (AvgIpc) is 2.45. The van der Waals surface area contributed by atoms with Gasteiger partial charge in [0, 0.05) is 12.1 Å². The number of rotatable bonds is 6. The molecule has 1 aromatic heterocycles. The van der Waals surface area contributed by atoms with Crippen LogP contribution in [0, 0.1) is 0 Å². The normalized spacial score (nSPS) is 10.6. The number of benzene rings is 1. The highest BCUT2D eigenvalue weighted by Gasteiger charge is 2.08. The molecule has 1 N–H and O–H groups in total. The molecule has 0 aliphatic carbocycles. The van der Waals surface area contributed by atoms with Gasteiger partial charge in [0.1, 0.15) is 11.6 Å². The Balaban J connectivity index is 2.31. The molecule has 3 heteroatoms. The highest BCUT2D eigenvalue weighted by molar-refractivity contribution is 5.68. The highest BCUT2D eigenvalue weighted by Crippen LogP contribution is 2.29. The molecule has 2 aromatic rings. The molecule has 0 saturated heterocycles. The molecule has 0 fully saturated rings. The Morgan fingerprint density at radius 3 is 2.65 bits per heavy atom. The van der Waals surface area contributed by atoms with Gasteiger partial charge in [-0.05, 0) is 44.5 Å². The van der Waals surface area contributed by atoms with Gasteiger partial charge in [-0.2, -0.15) is 0 Å². The first-order valence-corrected chi connectivity index (χ1v) is 7.17. The monoisotopic (exact) mass is 270 g/mol. The second-order valence-electron chi connectivity index (χ2n) is 5.00. The summed E-state index contributed by atoms with van der Waals surface area (Å²) in [4.78, 5) is 4.66. The molecular formula is C17H22N2O. The van der Waals surface area contributed by atoms with Gasteiger partial charge >= 0.3 is 0 Å². The first kappa shape index (κ1) is 14.4. The van der Waals surface area contributed by atoms with E-state index in [0.29, 0.717) is 0 Å². The molecule has 0 radical (unpaired) electrons. The van der Waals surface area contributed by atoms with E-state index in [2.05, 4.69) is 17.2 Å². The van der Waals surface area contributed by atoms with Gasteiger partial charge < -0.3 is 10.1 Å². The lowest BCUT2D eigenvalue weighted by Crippen LogP contribution is -2.07. The van der Waals surface area contributed by atoms with Gasteiger partial charge in [0.2, 0.25) is 0 Å². The van der Waals surface area contributed by atoms with Crippen LogP contribution in [0.3, 0.4) is 0 Å². The zero-order valence-electron chi connectivity index (χ0n) is 12.4. The van der Waals surface area contributed by atoms with Crippen LogP contribution < -0.4 is 10.1 Å². The van der Waals surface area contributed by atoms with Gasteiger partial charge in [-0.15, -0.1) is 0 Å². The minimum Gasteiger partial charge on any atom is -0.490 e. The second-order valence-corrected chi connectivity index (χ2v) is 5.00. The van der Waals surface area contributed by atoms with Crippen molar-refractivity contribution in [2.75, 3.05) is 11.9 Å². The van der Waals surface area contributed by atoms with Crippen LogP contribution in [0.1, 0.15) is 27.2 Å². The molecule has 0 saturated carbocycles. The SMILES string of the molecule is CCCNc1cccc(-c2ccccc2OC(C)C)n1. The van der Waals surface area contributed by atoms with Crippen LogP contribution in [0.4, 0.5) is 5.82 Å². The van der Waals surface area contributed by atoms with Crippen molar-refractivity contribution in [3.05, 3.63) is 42.5 Å². The number of pyridine rings is 1. The summed E-state index contributed by atoms with van der Waals surface area (Å²) in [5.41, 5.74) is 1.96. The number of anilines is 1. The van der Waals surface area contributed by atoms with Crippen molar-refractivity contribution in [2.24, 2.45) is 0 Å². The smallest absolute Gasteiger partial charge is 0.129 e. The summed E-state index contributed by atoms with van der Waals surface area (Å²) < 4.78 is 5.86. The van der Waals surface area contributed by atoms with Crippen molar-refractivity contribution < 1.29 is 4.74 Å². The maximum absolute atomic E-state index is 5.86. The number of para-hydroxylation sites is 1. The molecule has 0 aliphatic heterocycles. The van der Waals surface area contributed by atoms with Crippen LogP contribution in [0.25, 0.3) is 11.3 Å². The van der Waals surface area contributed by atoms with E-state index in [9.17, 15) is 0 Å². The number of nitrogens with one attached hydrogen (secondary N) is 1. The molecule has 0 unspecified atom stereocenters. The minimum atomic E-state index is 0.151. The number of ether oxygens (including phenoxy) is 1. The molecule has 0 atom stereocenters. The lowest BCUT2D eigenvalue weighted by Gasteiger charge is -2.14. The molecule has 106 valence electrons. The zero-order chi connectivity index (χ0) is 14.4. The summed E-state index contributed by atoms with van der Waals surface area (Å²) in [6, 6.07) is 14.1. The molecule has 3 nitrogen and oxygen atoms in total. The Kier molecular flexibility index (Phi) is 4.99. The van der Waals surface area contributed by atoms with Crippen molar-refractivity contribution in [2.45, 2.75) is 33.3 Å². The van der Waals surface area contributed by atoms with Crippen molar-refractivity contribution in [1.82, 2.24) is 4.98 Å². The highest BCUT2D eigenvalue weighted by atomic mass is 16.5. The minimum absolute atomic E-state index is 0.151. The zero-order valence-corrected chi connectivity index (χ0v) is 12.4. The van der Waals surface area contributed by atoms with Gasteiger partial charge in [-0.1, -0.05) is 25.1 Å². The predicted molar refractivity (Wildman–Crippen MR) is 84.2 cm³/mol. The molecule has 2 rings (SSSR count). The quantitative estimate of drug-likeness (QED) is 0.847. The number of nitrogens with zero attached hydrogens (tertiary/aromatic N) is 1. The largest absolute Gasteiger partial charge is 0.490 e. The Bertz CT molecular complexity index is 552. The fourth-order valence-corrected chi connectivity index (χ4v) is 1.97. The van der Waals surface area contributed by atoms with Crippen molar-refractivity contribution in [3.63, 3.8) is 0 Å². The molecule has 1 heterocycles. The van der Waals surface area contributed by atoms with E-state index in [1.165, 1.54) is 0 Å². The summed E-state index contributed by atoms with van der Waals surface area (Å²) in [6.07, 6.45) is 1.23. The summed E-state index contributed by atoms with van der Waals surface area (Å²) in [5, 5.41) is 3.31. The fraction of sp³-hybridized carbons (Fsp3) is 0.353. The first-order valence-electron chi connectivity index (χ1n) is 7.17. The average molecular weight is 270 g/mol. The number of aromatic nitrogens is 1. The summed E-state index contributed by atoms with van der Waals surface area (Å²) in [6.45, 7) is 7.14. The van der Waals surface area contributed by atoms with Gasteiger partial charge in [-0.3, -0.25) is 0 Å². The molecule has 1 aromatic carbocycles. The first-order chi connectivity index (χ1) is 9.70. The van der Waals surface area contributed by atoms with Crippen molar-refractivity contribution in [1.29, 1.82) is 0 Å². The van der Waals surface area contributed by atoms with E-state index >= 15 is 0 Å². The maximum Gasteiger partial charge on any atom is 0.129 e. The second kappa shape index (κ2) is 6.94. The summed E-state index contributed by atoms with van der Waals surface area (Å²) in [5.74, 6) is 1.78. The van der Waals surface area contributed by atoms with Crippen molar-refractivity contribution >= 4 is 5.82 Å². The van der Waals surface area contributed by atoms with Crippen LogP contribution in [0.2, 0.25) is 0 Å². The van der Waals surface area contributed by atoms with Gasteiger partial charge in [0.05, 0.1) is 11.8 Å². The van der Waals surface area contributed by atoms with E-state index in [-0.39, 0.29) is 6.10 Å². The Morgan fingerprint density at radius 1 is 1.10 bits per heavy atom. The van der Waals surface area contributed by atoms with Gasteiger partial charge in [0.25, 0.3) is 0 Å². The van der Waals surface area contributed by atoms with Crippen LogP contribution >= 0.6 is 0 Å². The van der Waals surface area contributed by atoms with Gasteiger partial charge in [0.15, 0.2) is 0 Å². The van der Waals surface area contributed by atoms with Crippen LogP contribution in [0.5, 0.6) is 5.75 Å². The Hall–Kier alpha value is -2.03. The van der Waals surface area contributed by atoms with E-state index < -0.39 is 0 Å². The topological polar surface area (TPSA) is 34.1 Å². The molecule has 20 heavy (non-hydrogen) atoms. The number of hydrogen-bond donors (Lipinski definition) is 1. The van der Waals surface area contributed by atoms with E-state index in [1.807, 2.05) is 56.3 Å². The lowest BCUT2D eigenvalue weighted by atomic mass is 10.1. The molecule has 0 amide bonds.